The summed E-state index contributed by atoms with van der Waals surface area (Å²) in [5, 5.41) is 24.2. The monoisotopic (exact) mass is 458 g/mol. The quantitative estimate of drug-likeness (QED) is 0.504. The van der Waals surface area contributed by atoms with E-state index >= 15 is 0 Å². The molecule has 2 aliphatic rings. The van der Waals surface area contributed by atoms with Crippen molar-refractivity contribution in [2.75, 3.05) is 10.6 Å². The molecule has 9 nitrogen and oxygen atoms in total. The number of hydrogen-bond donors (Lipinski definition) is 3. The molecule has 5 heterocycles. The van der Waals surface area contributed by atoms with Crippen LogP contribution in [0.25, 0.3) is 10.9 Å². The van der Waals surface area contributed by atoms with Crippen LogP contribution in [-0.2, 0) is 4.79 Å². The van der Waals surface area contributed by atoms with Crippen LogP contribution in [0.3, 0.4) is 0 Å². The first-order valence-electron chi connectivity index (χ1n) is 12.0. The molecule has 176 valence electrons. The van der Waals surface area contributed by atoms with Gasteiger partial charge in [-0.05, 0) is 51.2 Å². The molecule has 3 aromatic rings. The fourth-order valence-corrected chi connectivity index (χ4v) is 5.39. The van der Waals surface area contributed by atoms with Crippen LogP contribution < -0.4 is 10.6 Å². The van der Waals surface area contributed by atoms with Gasteiger partial charge in [0.05, 0.1) is 11.6 Å². The van der Waals surface area contributed by atoms with Gasteiger partial charge in [0.2, 0.25) is 5.91 Å². The number of H-pyrrole nitrogens is 1. The number of piperidine rings is 2. The first kappa shape index (κ1) is 22.1. The van der Waals surface area contributed by atoms with E-state index in [0.717, 1.165) is 54.5 Å². The molecule has 3 aromatic heterocycles. The van der Waals surface area contributed by atoms with E-state index in [9.17, 15) is 4.79 Å². The molecule has 5 rings (SSSR count). The van der Waals surface area contributed by atoms with Gasteiger partial charge in [-0.3, -0.25) is 14.9 Å². The summed E-state index contributed by atoms with van der Waals surface area (Å²) in [4.78, 5) is 24.6. The van der Waals surface area contributed by atoms with Crippen molar-refractivity contribution in [3.8, 4) is 6.07 Å². The molecule has 0 aliphatic carbocycles. The van der Waals surface area contributed by atoms with E-state index in [1.165, 1.54) is 0 Å². The number of nitrogens with zero attached hydrogens (tertiary/aromatic N) is 5. The topological polar surface area (TPSA) is 123 Å². The molecule has 3 N–H and O–H groups in total. The molecule has 2 unspecified atom stereocenters. The Labute approximate surface area is 199 Å². The minimum absolute atomic E-state index is 0.128. The van der Waals surface area contributed by atoms with E-state index < -0.39 is 0 Å². The smallest absolute Gasteiger partial charge is 0.226 e. The molecular weight excluding hydrogens is 428 g/mol. The van der Waals surface area contributed by atoms with Crippen molar-refractivity contribution >= 4 is 34.3 Å². The third-order valence-corrected chi connectivity index (χ3v) is 6.95. The summed E-state index contributed by atoms with van der Waals surface area (Å²) < 4.78 is 0. The van der Waals surface area contributed by atoms with E-state index in [-0.39, 0.29) is 36.4 Å². The highest BCUT2D eigenvalue weighted by Crippen LogP contribution is 2.37. The fraction of sp³-hybridized carbons (Fsp3) is 0.480. The molecule has 2 aliphatic heterocycles. The van der Waals surface area contributed by atoms with Gasteiger partial charge in [-0.15, -0.1) is 0 Å². The Morgan fingerprint density at radius 1 is 1.29 bits per heavy atom. The summed E-state index contributed by atoms with van der Waals surface area (Å²) in [6.07, 6.45) is 6.97. The molecule has 2 bridgehead atoms. The van der Waals surface area contributed by atoms with Gasteiger partial charge in [0, 0.05) is 59.9 Å². The number of rotatable bonds is 6. The van der Waals surface area contributed by atoms with Crippen molar-refractivity contribution in [1.82, 2.24) is 25.1 Å². The average molecular weight is 459 g/mol. The third kappa shape index (κ3) is 4.40. The Bertz CT molecular complexity index is 1220. The number of anilines is 3. The number of carbonyl (C=O) groups is 1. The highest BCUT2D eigenvalue weighted by molar-refractivity contribution is 5.91. The minimum Gasteiger partial charge on any atom is -0.367 e. The number of pyridine rings is 2. The number of aromatic amines is 1. The molecule has 9 heteroatoms. The molecule has 34 heavy (non-hydrogen) atoms. The number of hydrogen-bond acceptors (Lipinski definition) is 7. The minimum atomic E-state index is -0.247. The van der Waals surface area contributed by atoms with Crippen LogP contribution >= 0.6 is 0 Å². The van der Waals surface area contributed by atoms with Gasteiger partial charge >= 0.3 is 0 Å². The number of carbonyl (C=O) groups excluding carboxylic acids is 1. The number of nitrogens with one attached hydrogen (secondary N) is 3. The Hall–Kier alpha value is -3.67. The summed E-state index contributed by atoms with van der Waals surface area (Å²) in [6.45, 7) is 3.82. The highest BCUT2D eigenvalue weighted by atomic mass is 16.2. The maximum absolute atomic E-state index is 13.1. The Morgan fingerprint density at radius 2 is 2.09 bits per heavy atom. The molecule has 4 atom stereocenters. The van der Waals surface area contributed by atoms with Gasteiger partial charge in [-0.1, -0.05) is 6.92 Å². The molecule has 0 radical (unpaired) electrons. The van der Waals surface area contributed by atoms with Crippen molar-refractivity contribution < 1.29 is 4.79 Å². The normalized spacial score (nSPS) is 22.7. The third-order valence-electron chi connectivity index (χ3n) is 6.95. The second kappa shape index (κ2) is 9.29. The van der Waals surface area contributed by atoms with Crippen molar-refractivity contribution in [2.45, 2.75) is 70.5 Å². The van der Waals surface area contributed by atoms with Crippen molar-refractivity contribution in [3.63, 3.8) is 0 Å². The van der Waals surface area contributed by atoms with E-state index in [4.69, 9.17) is 10.2 Å². The summed E-state index contributed by atoms with van der Waals surface area (Å²) in [7, 11) is 0. The van der Waals surface area contributed by atoms with Gasteiger partial charge in [0.15, 0.2) is 5.82 Å². The van der Waals surface area contributed by atoms with Crippen LogP contribution in [0.1, 0.15) is 51.1 Å². The van der Waals surface area contributed by atoms with Gasteiger partial charge in [0.25, 0.3) is 0 Å². The first-order chi connectivity index (χ1) is 16.5. The Morgan fingerprint density at radius 3 is 2.79 bits per heavy atom. The predicted molar refractivity (Wildman–Crippen MR) is 130 cm³/mol. The SMILES string of the molecule is Cc1cc(Nc2cc3ncccc3c(NC3C[C@H]4CCC[C@@H](C3)N4C(=O)C(C)CC#N)n2)n[nH]1. The molecule has 0 aromatic carbocycles. The van der Waals surface area contributed by atoms with Crippen LogP contribution in [-0.4, -0.2) is 49.1 Å². The van der Waals surface area contributed by atoms with Crippen LogP contribution in [0.15, 0.2) is 30.5 Å². The van der Waals surface area contributed by atoms with E-state index in [2.05, 4.69) is 36.8 Å². The van der Waals surface area contributed by atoms with Crippen LogP contribution in [0.4, 0.5) is 17.5 Å². The van der Waals surface area contributed by atoms with Crippen LogP contribution in [0.5, 0.6) is 0 Å². The summed E-state index contributed by atoms with van der Waals surface area (Å²) >= 11 is 0. The summed E-state index contributed by atoms with van der Waals surface area (Å²) in [6, 6.07) is 10.6. The predicted octanol–water partition coefficient (Wildman–Crippen LogP) is 4.28. The lowest BCUT2D eigenvalue weighted by Gasteiger charge is -2.49. The summed E-state index contributed by atoms with van der Waals surface area (Å²) in [5.41, 5.74) is 1.82. The number of aromatic nitrogens is 4. The maximum Gasteiger partial charge on any atom is 0.226 e. The highest BCUT2D eigenvalue weighted by Gasteiger charge is 2.42. The first-order valence-corrected chi connectivity index (χ1v) is 12.0. The molecule has 2 saturated heterocycles. The van der Waals surface area contributed by atoms with Crippen molar-refractivity contribution in [1.29, 1.82) is 5.26 Å². The van der Waals surface area contributed by atoms with Gasteiger partial charge in [-0.25, -0.2) is 4.98 Å². The lowest BCUT2D eigenvalue weighted by molar-refractivity contribution is -0.144. The lowest BCUT2D eigenvalue weighted by Crippen LogP contribution is -2.58. The molecular formula is C25H30N8O. The summed E-state index contributed by atoms with van der Waals surface area (Å²) in [5.74, 6) is 2.06. The standard InChI is InChI=1S/C25H30N8O/c1-15(8-9-26)25(34)33-18-5-3-6-19(33)13-17(12-18)28-24-20-7-4-10-27-21(20)14-22(30-24)29-23-11-16(2)31-32-23/h4,7,10-11,14-15,17-19H,3,5-6,8,12-13H2,1-2H3,(H3,28,29,30,31,32)/t15?,17?,18-,19+. The second-order valence-corrected chi connectivity index (χ2v) is 9.55. The van der Waals surface area contributed by atoms with E-state index in [1.54, 1.807) is 6.20 Å². The van der Waals surface area contributed by atoms with Gasteiger partial charge in [0.1, 0.15) is 11.6 Å². The largest absolute Gasteiger partial charge is 0.367 e. The van der Waals surface area contributed by atoms with E-state index in [1.807, 2.05) is 38.1 Å². The zero-order valence-electron chi connectivity index (χ0n) is 19.6. The molecule has 0 spiro atoms. The maximum atomic E-state index is 13.1. The Balaban J connectivity index is 1.38. The van der Waals surface area contributed by atoms with Gasteiger partial charge < -0.3 is 15.5 Å². The second-order valence-electron chi connectivity index (χ2n) is 9.55. The average Bonchev–Trinajstić information content (AvgIpc) is 3.22. The molecule has 1 amide bonds. The number of amides is 1. The van der Waals surface area contributed by atoms with Crippen LogP contribution in [0, 0.1) is 24.2 Å². The van der Waals surface area contributed by atoms with Gasteiger partial charge in [-0.2, -0.15) is 10.4 Å². The fourth-order valence-electron chi connectivity index (χ4n) is 5.39. The zero-order valence-corrected chi connectivity index (χ0v) is 19.6. The zero-order chi connectivity index (χ0) is 23.7. The number of aryl methyl sites for hydroxylation is 1. The van der Waals surface area contributed by atoms with E-state index in [0.29, 0.717) is 11.6 Å². The lowest BCUT2D eigenvalue weighted by atomic mass is 9.80. The number of nitriles is 1. The van der Waals surface area contributed by atoms with Crippen molar-refractivity contribution in [2.24, 2.45) is 5.92 Å². The molecule has 0 saturated carbocycles. The number of fused-ring (bicyclic) bond motifs is 3. The van der Waals surface area contributed by atoms with Crippen LogP contribution in [0.2, 0.25) is 0 Å². The Kier molecular flexibility index (Phi) is 6.05. The molecule has 2 fully saturated rings. The van der Waals surface area contributed by atoms with Crippen molar-refractivity contribution in [3.05, 3.63) is 36.2 Å².